The lowest BCUT2D eigenvalue weighted by Crippen LogP contribution is -2.29. The summed E-state index contributed by atoms with van der Waals surface area (Å²) in [5.74, 6) is 0.251. The topological polar surface area (TPSA) is 43.1 Å². The Balaban J connectivity index is 0. The maximum atomic E-state index is 11.6. The monoisotopic (exact) mass is 333 g/mol. The third-order valence-electron chi connectivity index (χ3n) is 4.38. The second kappa shape index (κ2) is 19.0. The molecule has 0 bridgehead atoms. The van der Waals surface area contributed by atoms with Gasteiger partial charge in [-0.1, -0.05) is 90.9 Å². The van der Waals surface area contributed by atoms with Crippen LogP contribution in [0.5, 0.6) is 0 Å². The van der Waals surface area contributed by atoms with Gasteiger partial charge >= 0.3 is 0 Å². The second-order valence-electron chi connectivity index (χ2n) is 6.47. The van der Waals surface area contributed by atoms with E-state index in [1.54, 1.807) is 0 Å². The Morgan fingerprint density at radius 3 is 1.45 bits per heavy atom. The highest BCUT2D eigenvalue weighted by Crippen LogP contribution is 2.13. The molecular formula is C19H40ClNO. The molecule has 2 N–H and O–H groups in total. The Hall–Kier alpha value is -0.0800. The first-order valence-electron chi connectivity index (χ1n) is 9.50. The summed E-state index contributed by atoms with van der Waals surface area (Å²) in [6.07, 6.45) is 19.0. The van der Waals surface area contributed by atoms with Gasteiger partial charge in [-0.2, -0.15) is 0 Å². The summed E-state index contributed by atoms with van der Waals surface area (Å²) in [4.78, 5) is 11.6. The van der Waals surface area contributed by atoms with Gasteiger partial charge in [0.2, 0.25) is 0 Å². The molecule has 134 valence electrons. The fourth-order valence-corrected chi connectivity index (χ4v) is 2.73. The fraction of sp³-hybridized carbons (Fsp3) is 0.947. The molecule has 0 radical (unpaired) electrons. The minimum Gasteiger partial charge on any atom is -0.322 e. The summed E-state index contributed by atoms with van der Waals surface area (Å²) in [5.41, 5.74) is 5.71. The van der Waals surface area contributed by atoms with Gasteiger partial charge in [0.1, 0.15) is 5.78 Å². The Morgan fingerprint density at radius 1 is 0.727 bits per heavy atom. The molecule has 0 heterocycles. The van der Waals surface area contributed by atoms with Crippen molar-refractivity contribution in [1.82, 2.24) is 0 Å². The number of hydrogen-bond acceptors (Lipinski definition) is 2. The summed E-state index contributed by atoms with van der Waals surface area (Å²) in [5, 5.41) is 0. The molecule has 2 nitrogen and oxygen atoms in total. The van der Waals surface area contributed by atoms with Crippen LogP contribution < -0.4 is 5.73 Å². The van der Waals surface area contributed by atoms with Gasteiger partial charge in [-0.25, -0.2) is 0 Å². The molecule has 3 heteroatoms. The largest absolute Gasteiger partial charge is 0.322 e. The third-order valence-corrected chi connectivity index (χ3v) is 4.38. The van der Waals surface area contributed by atoms with Crippen LogP contribution in [0.25, 0.3) is 0 Å². The lowest BCUT2D eigenvalue weighted by Gasteiger charge is -2.07. The maximum Gasteiger partial charge on any atom is 0.149 e. The van der Waals surface area contributed by atoms with Crippen molar-refractivity contribution in [3.05, 3.63) is 0 Å². The molecule has 0 aromatic heterocycles. The molecule has 0 unspecified atom stereocenters. The van der Waals surface area contributed by atoms with E-state index in [-0.39, 0.29) is 24.2 Å². The van der Waals surface area contributed by atoms with Gasteiger partial charge in [-0.3, -0.25) is 4.79 Å². The zero-order chi connectivity index (χ0) is 15.8. The molecule has 0 aromatic carbocycles. The van der Waals surface area contributed by atoms with Crippen molar-refractivity contribution in [3.8, 4) is 0 Å². The van der Waals surface area contributed by atoms with Crippen LogP contribution in [0.1, 0.15) is 110 Å². The van der Waals surface area contributed by atoms with Crippen LogP contribution in [-0.2, 0) is 4.79 Å². The van der Waals surface area contributed by atoms with Crippen molar-refractivity contribution in [2.24, 2.45) is 5.73 Å². The molecule has 0 aliphatic rings. The minimum absolute atomic E-state index is 0. The Morgan fingerprint density at radius 2 is 1.09 bits per heavy atom. The molecule has 1 atom stereocenters. The van der Waals surface area contributed by atoms with Gasteiger partial charge in [0, 0.05) is 6.42 Å². The predicted molar refractivity (Wildman–Crippen MR) is 101 cm³/mol. The van der Waals surface area contributed by atoms with Crippen LogP contribution in [0.2, 0.25) is 0 Å². The number of Topliss-reactive ketones (excluding diaryl/α,β-unsaturated/α-hetero) is 1. The molecule has 0 spiro atoms. The van der Waals surface area contributed by atoms with E-state index in [0.717, 1.165) is 12.8 Å². The molecule has 0 aliphatic heterocycles. The normalized spacial score (nSPS) is 12.0. The zero-order valence-electron chi connectivity index (χ0n) is 15.1. The maximum absolute atomic E-state index is 11.6. The van der Waals surface area contributed by atoms with Crippen molar-refractivity contribution in [3.63, 3.8) is 0 Å². The average Bonchev–Trinajstić information content (AvgIpc) is 2.50. The highest BCUT2D eigenvalue weighted by atomic mass is 35.5. The minimum atomic E-state index is -0.220. The Bertz CT molecular complexity index is 233. The number of halogens is 1. The van der Waals surface area contributed by atoms with Crippen LogP contribution in [-0.4, -0.2) is 11.8 Å². The van der Waals surface area contributed by atoms with E-state index >= 15 is 0 Å². The lowest BCUT2D eigenvalue weighted by atomic mass is 10.0. The Labute approximate surface area is 145 Å². The first-order valence-corrected chi connectivity index (χ1v) is 9.50. The van der Waals surface area contributed by atoms with Crippen molar-refractivity contribution in [2.75, 3.05) is 0 Å². The SMILES string of the molecule is CCCCCCCCCCCCCCCC(=O)[C@@H](N)CC.Cl. The average molecular weight is 334 g/mol. The highest BCUT2D eigenvalue weighted by molar-refractivity contribution is 5.85. The predicted octanol–water partition coefficient (Wildman–Crippen LogP) is 6.20. The summed E-state index contributed by atoms with van der Waals surface area (Å²) in [6, 6.07) is -0.220. The smallest absolute Gasteiger partial charge is 0.149 e. The molecule has 0 saturated carbocycles. The van der Waals surface area contributed by atoms with E-state index in [2.05, 4.69) is 6.92 Å². The molecule has 22 heavy (non-hydrogen) atoms. The molecule has 0 rings (SSSR count). The number of carbonyl (C=O) groups is 1. The first-order chi connectivity index (χ1) is 10.2. The quantitative estimate of drug-likeness (QED) is 0.342. The van der Waals surface area contributed by atoms with Crippen molar-refractivity contribution in [2.45, 2.75) is 116 Å². The van der Waals surface area contributed by atoms with Crippen molar-refractivity contribution >= 4 is 18.2 Å². The van der Waals surface area contributed by atoms with Crippen LogP contribution in [0.3, 0.4) is 0 Å². The third kappa shape index (κ3) is 16.3. The summed E-state index contributed by atoms with van der Waals surface area (Å²) < 4.78 is 0. The lowest BCUT2D eigenvalue weighted by molar-refractivity contribution is -0.120. The number of ketones is 1. The molecule has 0 saturated heterocycles. The van der Waals surface area contributed by atoms with E-state index in [9.17, 15) is 4.79 Å². The van der Waals surface area contributed by atoms with Gasteiger partial charge < -0.3 is 5.73 Å². The van der Waals surface area contributed by atoms with Gasteiger partial charge in [0.05, 0.1) is 6.04 Å². The van der Waals surface area contributed by atoms with E-state index < -0.39 is 0 Å². The molecule has 0 aliphatic carbocycles. The second-order valence-corrected chi connectivity index (χ2v) is 6.47. The van der Waals surface area contributed by atoms with Crippen molar-refractivity contribution in [1.29, 1.82) is 0 Å². The van der Waals surface area contributed by atoms with Crippen LogP contribution in [0.4, 0.5) is 0 Å². The standard InChI is InChI=1S/C19H39NO.ClH/c1-3-5-6-7-8-9-10-11-12-13-14-15-16-17-19(21)18(20)4-2;/h18H,3-17,20H2,1-2H3;1H/t18-;/m0./s1. The molecule has 0 aromatic rings. The fourth-order valence-electron chi connectivity index (χ4n) is 2.73. The number of carbonyl (C=O) groups excluding carboxylic acids is 1. The van der Waals surface area contributed by atoms with E-state index in [1.165, 1.54) is 77.0 Å². The van der Waals surface area contributed by atoms with Gasteiger partial charge in [0.15, 0.2) is 0 Å². The Kier molecular flexibility index (Phi) is 20.8. The summed E-state index contributed by atoms with van der Waals surface area (Å²) in [6.45, 7) is 4.25. The number of unbranched alkanes of at least 4 members (excludes halogenated alkanes) is 12. The van der Waals surface area contributed by atoms with Crippen LogP contribution in [0, 0.1) is 0 Å². The highest BCUT2D eigenvalue weighted by Gasteiger charge is 2.09. The van der Waals surface area contributed by atoms with E-state index in [0.29, 0.717) is 6.42 Å². The van der Waals surface area contributed by atoms with E-state index in [1.807, 2.05) is 6.92 Å². The molecule has 0 fully saturated rings. The van der Waals surface area contributed by atoms with Gasteiger partial charge in [0.25, 0.3) is 0 Å². The number of nitrogens with two attached hydrogens (primary N) is 1. The molecular weight excluding hydrogens is 294 g/mol. The molecule has 0 amide bonds. The zero-order valence-corrected chi connectivity index (χ0v) is 15.9. The van der Waals surface area contributed by atoms with Crippen LogP contribution in [0.15, 0.2) is 0 Å². The van der Waals surface area contributed by atoms with Gasteiger partial charge in [-0.05, 0) is 12.8 Å². The number of hydrogen-bond donors (Lipinski definition) is 1. The van der Waals surface area contributed by atoms with E-state index in [4.69, 9.17) is 5.73 Å². The van der Waals surface area contributed by atoms with Crippen LogP contribution >= 0.6 is 12.4 Å². The number of rotatable bonds is 16. The summed E-state index contributed by atoms with van der Waals surface area (Å²) >= 11 is 0. The summed E-state index contributed by atoms with van der Waals surface area (Å²) in [7, 11) is 0. The first kappa shape index (κ1) is 24.2. The van der Waals surface area contributed by atoms with Crippen molar-refractivity contribution < 1.29 is 4.79 Å². The van der Waals surface area contributed by atoms with Gasteiger partial charge in [-0.15, -0.1) is 12.4 Å².